The molecule has 1 N–H and O–H groups in total. The van der Waals surface area contributed by atoms with Crippen molar-refractivity contribution in [1.82, 2.24) is 0 Å². The fraction of sp³-hybridized carbons (Fsp3) is 0.300. The smallest absolute Gasteiger partial charge is 0.335 e. The number of hydrogen-bond donors (Lipinski definition) is 1. The topological polar surface area (TPSA) is 63.6 Å². The number of carboxylic acids is 1. The first-order valence-electron chi connectivity index (χ1n) is 8.17. The molecule has 4 nitrogen and oxygen atoms in total. The van der Waals surface area contributed by atoms with Crippen LogP contribution in [0.1, 0.15) is 51.9 Å². The zero-order valence-electron chi connectivity index (χ0n) is 13.6. The van der Waals surface area contributed by atoms with Gasteiger partial charge in [0.15, 0.2) is 0 Å². The van der Waals surface area contributed by atoms with E-state index < -0.39 is 5.97 Å². The molecule has 124 valence electrons. The van der Waals surface area contributed by atoms with Gasteiger partial charge in [-0.15, -0.1) is 0 Å². The molecule has 0 amide bonds. The second kappa shape index (κ2) is 6.87. The van der Waals surface area contributed by atoms with E-state index in [0.29, 0.717) is 31.4 Å². The second-order valence-corrected chi connectivity index (χ2v) is 6.07. The second-order valence-electron chi connectivity index (χ2n) is 6.07. The maximum atomic E-state index is 12.0. The Hall–Kier alpha value is -2.62. The summed E-state index contributed by atoms with van der Waals surface area (Å²) in [7, 11) is 0. The molecule has 0 heterocycles. The third kappa shape index (κ3) is 3.32. The third-order valence-corrected chi connectivity index (χ3v) is 4.51. The first-order valence-corrected chi connectivity index (χ1v) is 8.17. The van der Waals surface area contributed by atoms with E-state index in [1.807, 2.05) is 25.1 Å². The van der Waals surface area contributed by atoms with Crippen molar-refractivity contribution < 1.29 is 19.4 Å². The predicted octanol–water partition coefficient (Wildman–Crippen LogP) is 3.57. The van der Waals surface area contributed by atoms with Crippen LogP contribution in [-0.4, -0.2) is 23.7 Å². The quantitative estimate of drug-likeness (QED) is 0.873. The lowest BCUT2D eigenvalue weighted by Gasteiger charge is -2.17. The van der Waals surface area contributed by atoms with Gasteiger partial charge in [0.2, 0.25) is 0 Å². The van der Waals surface area contributed by atoms with Crippen molar-refractivity contribution in [3.05, 3.63) is 70.3 Å². The Balaban J connectivity index is 2.00. The summed E-state index contributed by atoms with van der Waals surface area (Å²) in [5.74, 6) is -1.06. The largest absolute Gasteiger partial charge is 0.478 e. The highest BCUT2D eigenvalue weighted by Gasteiger charge is 2.25. The normalized spacial score (nSPS) is 15.8. The lowest BCUT2D eigenvalue weighted by Crippen LogP contribution is -2.13. The number of carbonyl (C=O) groups is 2. The minimum Gasteiger partial charge on any atom is -0.478 e. The third-order valence-electron chi connectivity index (χ3n) is 4.51. The zero-order valence-corrected chi connectivity index (χ0v) is 13.6. The summed E-state index contributed by atoms with van der Waals surface area (Å²) in [5.41, 5.74) is 4.72. The van der Waals surface area contributed by atoms with Crippen LogP contribution in [0.5, 0.6) is 0 Å². The SMILES string of the molecule is CCOC(=O)CC1Cc2ccc(C(=O)O)cc2Cc2ccccc21. The molecule has 2 aromatic carbocycles. The van der Waals surface area contributed by atoms with E-state index in [9.17, 15) is 14.7 Å². The molecular formula is C20H20O4. The lowest BCUT2D eigenvalue weighted by molar-refractivity contribution is -0.143. The van der Waals surface area contributed by atoms with Crippen LogP contribution in [-0.2, 0) is 22.4 Å². The van der Waals surface area contributed by atoms with Gasteiger partial charge in [-0.3, -0.25) is 4.79 Å². The Labute approximate surface area is 141 Å². The van der Waals surface area contributed by atoms with E-state index >= 15 is 0 Å². The monoisotopic (exact) mass is 324 g/mol. The van der Waals surface area contributed by atoms with Crippen molar-refractivity contribution in [2.45, 2.75) is 32.1 Å². The van der Waals surface area contributed by atoms with Gasteiger partial charge in [0, 0.05) is 0 Å². The van der Waals surface area contributed by atoms with Crippen molar-refractivity contribution in [2.75, 3.05) is 6.61 Å². The Kier molecular flexibility index (Phi) is 4.65. The van der Waals surface area contributed by atoms with E-state index in [-0.39, 0.29) is 11.9 Å². The lowest BCUT2D eigenvalue weighted by atomic mass is 9.89. The highest BCUT2D eigenvalue weighted by Crippen LogP contribution is 2.34. The van der Waals surface area contributed by atoms with Crippen LogP contribution in [0.3, 0.4) is 0 Å². The first kappa shape index (κ1) is 16.2. The van der Waals surface area contributed by atoms with Gasteiger partial charge in [-0.1, -0.05) is 30.3 Å². The molecule has 0 spiro atoms. The minimum atomic E-state index is -0.918. The zero-order chi connectivity index (χ0) is 17.1. The number of ether oxygens (including phenoxy) is 1. The predicted molar refractivity (Wildman–Crippen MR) is 90.3 cm³/mol. The average Bonchev–Trinajstić information content (AvgIpc) is 2.71. The van der Waals surface area contributed by atoms with Gasteiger partial charge in [-0.2, -0.15) is 0 Å². The van der Waals surface area contributed by atoms with E-state index in [1.165, 1.54) is 0 Å². The maximum absolute atomic E-state index is 12.0. The number of aromatic carboxylic acids is 1. The average molecular weight is 324 g/mol. The number of benzene rings is 2. The number of carbonyl (C=O) groups excluding carboxylic acids is 1. The molecule has 0 saturated carbocycles. The Bertz CT molecular complexity index is 779. The summed E-state index contributed by atoms with van der Waals surface area (Å²) in [4.78, 5) is 23.2. The van der Waals surface area contributed by atoms with Crippen molar-refractivity contribution in [2.24, 2.45) is 0 Å². The molecule has 2 aromatic rings. The standard InChI is InChI=1S/C20H20O4/c1-2-24-19(21)12-17-9-13-7-8-15(20(22)23)11-16(13)10-14-5-3-4-6-18(14)17/h3-8,11,17H,2,9-10,12H2,1H3,(H,22,23). The summed E-state index contributed by atoms with van der Waals surface area (Å²) < 4.78 is 5.12. The highest BCUT2D eigenvalue weighted by atomic mass is 16.5. The molecule has 1 atom stereocenters. The molecule has 3 rings (SSSR count). The van der Waals surface area contributed by atoms with E-state index in [1.54, 1.807) is 12.1 Å². The molecule has 0 aliphatic heterocycles. The van der Waals surface area contributed by atoms with Gasteiger partial charge >= 0.3 is 11.9 Å². The van der Waals surface area contributed by atoms with E-state index in [4.69, 9.17) is 4.74 Å². The summed E-state index contributed by atoms with van der Waals surface area (Å²) in [5, 5.41) is 9.22. The Morgan fingerprint density at radius 2 is 1.92 bits per heavy atom. The molecule has 0 radical (unpaired) electrons. The summed E-state index contributed by atoms with van der Waals surface area (Å²) >= 11 is 0. The van der Waals surface area contributed by atoms with Crippen molar-refractivity contribution in [3.8, 4) is 0 Å². The van der Waals surface area contributed by atoms with Crippen molar-refractivity contribution in [1.29, 1.82) is 0 Å². The molecule has 24 heavy (non-hydrogen) atoms. The summed E-state index contributed by atoms with van der Waals surface area (Å²) in [6.45, 7) is 2.19. The Morgan fingerprint density at radius 3 is 2.67 bits per heavy atom. The van der Waals surface area contributed by atoms with Gasteiger partial charge in [0.1, 0.15) is 0 Å². The minimum absolute atomic E-state index is 0.0529. The van der Waals surface area contributed by atoms with Crippen LogP contribution in [0.25, 0.3) is 0 Å². The summed E-state index contributed by atoms with van der Waals surface area (Å²) in [6, 6.07) is 13.3. The molecule has 1 unspecified atom stereocenters. The van der Waals surface area contributed by atoms with E-state index in [0.717, 1.165) is 22.3 Å². The van der Waals surface area contributed by atoms with Crippen LogP contribution < -0.4 is 0 Å². The van der Waals surface area contributed by atoms with Crippen LogP contribution in [0, 0.1) is 0 Å². The molecule has 0 aromatic heterocycles. The van der Waals surface area contributed by atoms with Crippen molar-refractivity contribution >= 4 is 11.9 Å². The van der Waals surface area contributed by atoms with Crippen LogP contribution in [0.4, 0.5) is 0 Å². The maximum Gasteiger partial charge on any atom is 0.335 e. The highest BCUT2D eigenvalue weighted by molar-refractivity contribution is 5.88. The van der Waals surface area contributed by atoms with Gasteiger partial charge in [0.25, 0.3) is 0 Å². The molecular weight excluding hydrogens is 304 g/mol. The van der Waals surface area contributed by atoms with E-state index in [2.05, 4.69) is 12.1 Å². The number of fused-ring (bicyclic) bond motifs is 2. The molecule has 0 bridgehead atoms. The molecule has 4 heteroatoms. The molecule has 1 aliphatic carbocycles. The molecule has 1 aliphatic rings. The van der Waals surface area contributed by atoms with Gasteiger partial charge < -0.3 is 9.84 Å². The van der Waals surface area contributed by atoms with Gasteiger partial charge in [-0.05, 0) is 60.1 Å². The number of carboxylic acid groups (broad SMARTS) is 1. The fourth-order valence-electron chi connectivity index (χ4n) is 3.40. The van der Waals surface area contributed by atoms with Gasteiger partial charge in [0.05, 0.1) is 18.6 Å². The number of rotatable bonds is 4. The fourth-order valence-corrected chi connectivity index (χ4v) is 3.40. The molecule has 0 fully saturated rings. The molecule has 0 saturated heterocycles. The summed E-state index contributed by atoms with van der Waals surface area (Å²) in [6.07, 6.45) is 1.74. The number of esters is 1. The first-order chi connectivity index (χ1) is 11.6. The van der Waals surface area contributed by atoms with Crippen LogP contribution in [0.15, 0.2) is 42.5 Å². The number of hydrogen-bond acceptors (Lipinski definition) is 3. The van der Waals surface area contributed by atoms with Gasteiger partial charge in [-0.25, -0.2) is 4.79 Å². The van der Waals surface area contributed by atoms with Crippen LogP contribution in [0.2, 0.25) is 0 Å². The van der Waals surface area contributed by atoms with Crippen LogP contribution >= 0.6 is 0 Å². The van der Waals surface area contributed by atoms with Crippen molar-refractivity contribution in [3.63, 3.8) is 0 Å². The Morgan fingerprint density at radius 1 is 1.12 bits per heavy atom.